The predicted octanol–water partition coefficient (Wildman–Crippen LogP) is 5.50. The minimum absolute atomic E-state index is 0.109. The van der Waals surface area contributed by atoms with Gasteiger partial charge in [0.05, 0.1) is 17.0 Å². The van der Waals surface area contributed by atoms with E-state index in [4.69, 9.17) is 16.0 Å². The molecule has 4 aromatic rings. The van der Waals surface area contributed by atoms with Crippen molar-refractivity contribution in [1.29, 1.82) is 0 Å². The first-order chi connectivity index (χ1) is 14.5. The van der Waals surface area contributed by atoms with Gasteiger partial charge in [-0.25, -0.2) is 0 Å². The minimum Gasteiger partial charge on any atom is -0.450 e. The fraction of sp³-hybridized carbons (Fsp3) is 0.120. The Kier molecular flexibility index (Phi) is 4.44. The second-order valence-corrected chi connectivity index (χ2v) is 7.92. The summed E-state index contributed by atoms with van der Waals surface area (Å²) in [5.41, 5.74) is 3.27. The van der Waals surface area contributed by atoms with E-state index in [0.717, 1.165) is 16.7 Å². The van der Waals surface area contributed by atoms with E-state index < -0.39 is 6.04 Å². The van der Waals surface area contributed by atoms with Crippen molar-refractivity contribution in [3.05, 3.63) is 116 Å². The molecule has 1 aromatic heterocycles. The maximum Gasteiger partial charge on any atom is 0.291 e. The Morgan fingerprint density at radius 3 is 2.47 bits per heavy atom. The van der Waals surface area contributed by atoms with Gasteiger partial charge in [-0.15, -0.1) is 0 Å². The number of nitrogens with zero attached hydrogens (tertiary/aromatic N) is 1. The van der Waals surface area contributed by atoms with Gasteiger partial charge in [-0.3, -0.25) is 9.59 Å². The van der Waals surface area contributed by atoms with Crippen LogP contribution in [-0.4, -0.2) is 10.8 Å². The quantitative estimate of drug-likeness (QED) is 0.444. The summed E-state index contributed by atoms with van der Waals surface area (Å²) in [7, 11) is 0. The number of amides is 1. The number of halogens is 1. The number of rotatable bonds is 3. The standard InChI is InChI=1S/C25H18ClNO3/c1-15-11-12-20-18(13-15)23(28)21-22(16-7-3-2-4-8-16)27(25(29)24(21)30-20)14-17-9-5-6-10-19(17)26/h2-13,22H,14H2,1H3. The van der Waals surface area contributed by atoms with Gasteiger partial charge < -0.3 is 9.32 Å². The van der Waals surface area contributed by atoms with Crippen molar-refractivity contribution < 1.29 is 9.21 Å². The molecule has 1 unspecified atom stereocenters. The Morgan fingerprint density at radius 1 is 0.967 bits per heavy atom. The Balaban J connectivity index is 1.74. The van der Waals surface area contributed by atoms with E-state index in [1.165, 1.54) is 0 Å². The molecule has 1 amide bonds. The van der Waals surface area contributed by atoms with Crippen molar-refractivity contribution >= 4 is 28.5 Å². The van der Waals surface area contributed by atoms with Crippen molar-refractivity contribution in [2.45, 2.75) is 19.5 Å². The molecule has 5 rings (SSSR count). The van der Waals surface area contributed by atoms with Crippen LogP contribution in [0.3, 0.4) is 0 Å². The monoisotopic (exact) mass is 415 g/mol. The van der Waals surface area contributed by atoms with Gasteiger partial charge in [0.2, 0.25) is 5.76 Å². The van der Waals surface area contributed by atoms with Gasteiger partial charge in [-0.2, -0.15) is 0 Å². The maximum atomic E-state index is 13.5. The molecule has 0 aliphatic carbocycles. The van der Waals surface area contributed by atoms with Gasteiger partial charge in [0.15, 0.2) is 5.43 Å². The molecule has 5 heteroatoms. The molecule has 4 nitrogen and oxygen atoms in total. The van der Waals surface area contributed by atoms with Gasteiger partial charge in [0, 0.05) is 11.6 Å². The van der Waals surface area contributed by atoms with Crippen molar-refractivity contribution in [1.82, 2.24) is 4.90 Å². The Morgan fingerprint density at radius 2 is 1.70 bits per heavy atom. The van der Waals surface area contributed by atoms with Crippen LogP contribution in [0.2, 0.25) is 5.02 Å². The summed E-state index contributed by atoms with van der Waals surface area (Å²) in [6.45, 7) is 2.20. The molecule has 0 N–H and O–H groups in total. The molecule has 0 saturated heterocycles. The number of benzene rings is 3. The molecule has 0 fully saturated rings. The summed E-state index contributed by atoms with van der Waals surface area (Å²) in [5.74, 6) is -0.199. The summed E-state index contributed by atoms with van der Waals surface area (Å²) < 4.78 is 5.98. The van der Waals surface area contributed by atoms with E-state index in [-0.39, 0.29) is 23.6 Å². The average molecular weight is 416 g/mol. The third kappa shape index (κ3) is 2.92. The van der Waals surface area contributed by atoms with Crippen molar-refractivity contribution in [3.8, 4) is 0 Å². The number of aryl methyl sites for hydroxylation is 1. The fourth-order valence-corrected chi connectivity index (χ4v) is 4.28. The van der Waals surface area contributed by atoms with E-state index in [1.54, 1.807) is 17.0 Å². The Bertz CT molecular complexity index is 1340. The first kappa shape index (κ1) is 18.6. The summed E-state index contributed by atoms with van der Waals surface area (Å²) >= 11 is 6.37. The lowest BCUT2D eigenvalue weighted by Crippen LogP contribution is -2.29. The van der Waals surface area contributed by atoms with Crippen LogP contribution in [-0.2, 0) is 6.54 Å². The SMILES string of the molecule is Cc1ccc2oc3c(c(=O)c2c1)C(c1ccccc1)N(Cc1ccccc1Cl)C3=O. The zero-order valence-corrected chi connectivity index (χ0v) is 17.0. The van der Waals surface area contributed by atoms with Crippen LogP contribution in [0, 0.1) is 6.92 Å². The van der Waals surface area contributed by atoms with Crippen LogP contribution in [0.1, 0.15) is 38.9 Å². The second-order valence-electron chi connectivity index (χ2n) is 7.51. The first-order valence-electron chi connectivity index (χ1n) is 9.71. The maximum absolute atomic E-state index is 13.5. The number of hydrogen-bond donors (Lipinski definition) is 0. The molecule has 0 spiro atoms. The molecular formula is C25H18ClNO3. The van der Waals surface area contributed by atoms with Crippen LogP contribution < -0.4 is 5.43 Å². The largest absolute Gasteiger partial charge is 0.450 e. The summed E-state index contributed by atoms with van der Waals surface area (Å²) in [6.07, 6.45) is 0. The highest BCUT2D eigenvalue weighted by Crippen LogP contribution is 2.39. The topological polar surface area (TPSA) is 50.5 Å². The molecule has 1 atom stereocenters. The molecule has 0 bridgehead atoms. The van der Waals surface area contributed by atoms with Crippen molar-refractivity contribution in [3.63, 3.8) is 0 Å². The van der Waals surface area contributed by atoms with Crippen LogP contribution in [0.25, 0.3) is 11.0 Å². The number of hydrogen-bond acceptors (Lipinski definition) is 3. The van der Waals surface area contributed by atoms with Crippen molar-refractivity contribution in [2.75, 3.05) is 0 Å². The van der Waals surface area contributed by atoms with E-state index in [1.807, 2.05) is 67.6 Å². The first-order valence-corrected chi connectivity index (χ1v) is 10.1. The Labute approximate surface area is 178 Å². The highest BCUT2D eigenvalue weighted by atomic mass is 35.5. The third-order valence-corrected chi connectivity index (χ3v) is 5.90. The highest BCUT2D eigenvalue weighted by molar-refractivity contribution is 6.31. The molecule has 1 aliphatic rings. The van der Waals surface area contributed by atoms with Crippen LogP contribution >= 0.6 is 11.6 Å². The number of carbonyl (C=O) groups is 1. The second kappa shape index (κ2) is 7.15. The fourth-order valence-electron chi connectivity index (χ4n) is 4.09. The molecule has 0 radical (unpaired) electrons. The zero-order chi connectivity index (χ0) is 20.8. The molecular weight excluding hydrogens is 398 g/mol. The molecule has 3 aromatic carbocycles. The summed E-state index contributed by atoms with van der Waals surface area (Å²) in [5, 5.41) is 1.07. The summed E-state index contributed by atoms with van der Waals surface area (Å²) in [6, 6.07) is 21.9. The third-order valence-electron chi connectivity index (χ3n) is 5.54. The zero-order valence-electron chi connectivity index (χ0n) is 16.3. The van der Waals surface area contributed by atoms with E-state index in [9.17, 15) is 9.59 Å². The van der Waals surface area contributed by atoms with E-state index in [2.05, 4.69) is 0 Å². The molecule has 1 aliphatic heterocycles. The van der Waals surface area contributed by atoms with Crippen LogP contribution in [0.4, 0.5) is 0 Å². The van der Waals surface area contributed by atoms with Crippen LogP contribution in [0.5, 0.6) is 0 Å². The molecule has 148 valence electrons. The lowest BCUT2D eigenvalue weighted by atomic mass is 9.98. The van der Waals surface area contributed by atoms with Gasteiger partial charge in [0.25, 0.3) is 5.91 Å². The Hall–Kier alpha value is -3.37. The van der Waals surface area contributed by atoms with Gasteiger partial charge >= 0.3 is 0 Å². The van der Waals surface area contributed by atoms with Gasteiger partial charge in [-0.1, -0.05) is 71.8 Å². The smallest absolute Gasteiger partial charge is 0.291 e. The molecule has 30 heavy (non-hydrogen) atoms. The number of carbonyl (C=O) groups excluding carboxylic acids is 1. The van der Waals surface area contributed by atoms with Gasteiger partial charge in [-0.05, 0) is 36.2 Å². The molecule has 2 heterocycles. The molecule has 0 saturated carbocycles. The van der Waals surface area contributed by atoms with Gasteiger partial charge in [0.1, 0.15) is 5.58 Å². The highest BCUT2D eigenvalue weighted by Gasteiger charge is 2.42. The lowest BCUT2D eigenvalue weighted by Gasteiger charge is -2.25. The van der Waals surface area contributed by atoms with Crippen LogP contribution in [0.15, 0.2) is 82.0 Å². The van der Waals surface area contributed by atoms with E-state index >= 15 is 0 Å². The minimum atomic E-state index is -0.536. The predicted molar refractivity (Wildman–Crippen MR) is 117 cm³/mol. The van der Waals surface area contributed by atoms with E-state index in [0.29, 0.717) is 21.6 Å². The average Bonchev–Trinajstić information content (AvgIpc) is 3.03. The normalized spacial score (nSPS) is 15.6. The summed E-state index contributed by atoms with van der Waals surface area (Å²) in [4.78, 5) is 28.6. The lowest BCUT2D eigenvalue weighted by molar-refractivity contribution is 0.0714. The number of fused-ring (bicyclic) bond motifs is 2. The van der Waals surface area contributed by atoms with Crippen molar-refractivity contribution in [2.24, 2.45) is 0 Å².